The number of nitrogens with zero attached hydrogens (tertiary/aromatic N) is 2. The molecule has 0 radical (unpaired) electrons. The minimum atomic E-state index is -0.897. The van der Waals surface area contributed by atoms with E-state index in [2.05, 4.69) is 4.98 Å². The van der Waals surface area contributed by atoms with Crippen LogP contribution in [0, 0.1) is 23.5 Å². The minimum absolute atomic E-state index is 0.00932. The fourth-order valence-electron chi connectivity index (χ4n) is 3.29. The summed E-state index contributed by atoms with van der Waals surface area (Å²) in [6.45, 7) is 1.29. The quantitative estimate of drug-likeness (QED) is 0.800. The van der Waals surface area contributed by atoms with Gasteiger partial charge in [0.15, 0.2) is 0 Å². The number of halogens is 2. The number of carboxylic acids is 1. The number of hydrogen-bond donors (Lipinski definition) is 1. The molecule has 1 aromatic heterocycles. The lowest BCUT2D eigenvalue weighted by Gasteiger charge is -2.40. The monoisotopic (exact) mass is 374 g/mol. The lowest BCUT2D eigenvalue weighted by Crippen LogP contribution is -2.48. The molecule has 0 atom stereocenters. The van der Waals surface area contributed by atoms with Crippen LogP contribution in [0.5, 0.6) is 5.88 Å². The number of aromatic nitrogens is 1. The molecule has 0 bridgehead atoms. The third-order valence-electron chi connectivity index (χ3n) is 4.94. The zero-order valence-electron chi connectivity index (χ0n) is 14.7. The molecule has 1 aromatic carbocycles. The van der Waals surface area contributed by atoms with Crippen molar-refractivity contribution in [2.75, 3.05) is 24.6 Å². The predicted octanol–water partition coefficient (Wildman–Crippen LogP) is 3.73. The number of anilines is 1. The Bertz CT molecular complexity index is 841. The van der Waals surface area contributed by atoms with Gasteiger partial charge in [0.05, 0.1) is 18.7 Å². The molecule has 0 amide bonds. The van der Waals surface area contributed by atoms with Crippen LogP contribution < -0.4 is 9.64 Å². The average Bonchev–Trinajstić information content (AvgIpc) is 3.41. The molecule has 1 saturated carbocycles. The molecule has 5 nitrogen and oxygen atoms in total. The summed E-state index contributed by atoms with van der Waals surface area (Å²) in [5.74, 6) is -1.29. The maximum Gasteiger partial charge on any atom is 0.303 e. The Labute approximate surface area is 155 Å². The number of carboxylic acid groups (broad SMARTS) is 1. The molecule has 2 aromatic rings. The number of rotatable bonds is 7. The molecule has 2 fully saturated rings. The topological polar surface area (TPSA) is 62.7 Å². The van der Waals surface area contributed by atoms with Crippen molar-refractivity contribution in [3.05, 3.63) is 42.0 Å². The summed E-state index contributed by atoms with van der Waals surface area (Å²) in [6.07, 6.45) is 2.35. The van der Waals surface area contributed by atoms with Gasteiger partial charge in [-0.15, -0.1) is 0 Å². The van der Waals surface area contributed by atoms with Crippen LogP contribution in [-0.2, 0) is 4.79 Å². The highest BCUT2D eigenvalue weighted by atomic mass is 19.1. The molecule has 0 unspecified atom stereocenters. The Morgan fingerprint density at radius 3 is 2.52 bits per heavy atom. The maximum absolute atomic E-state index is 14.6. The zero-order valence-corrected chi connectivity index (χ0v) is 14.7. The van der Waals surface area contributed by atoms with Crippen molar-refractivity contribution >= 4 is 11.7 Å². The van der Waals surface area contributed by atoms with Gasteiger partial charge in [0.25, 0.3) is 0 Å². The number of pyridine rings is 1. The average molecular weight is 374 g/mol. The fraction of sp³-hybridized carbons (Fsp3) is 0.400. The van der Waals surface area contributed by atoms with E-state index in [9.17, 15) is 13.6 Å². The van der Waals surface area contributed by atoms with Gasteiger partial charge in [-0.25, -0.2) is 13.8 Å². The lowest BCUT2D eigenvalue weighted by molar-refractivity contribution is -0.138. The van der Waals surface area contributed by atoms with E-state index >= 15 is 0 Å². The molecule has 27 heavy (non-hydrogen) atoms. The SMILES string of the molecule is O=C(O)CC1CN(c2c(F)cc(-c3cccc(OCC4CC4)n3)cc2F)C1. The summed E-state index contributed by atoms with van der Waals surface area (Å²) >= 11 is 0. The highest BCUT2D eigenvalue weighted by Crippen LogP contribution is 2.34. The molecule has 0 spiro atoms. The second kappa shape index (κ2) is 7.13. The van der Waals surface area contributed by atoms with Crippen LogP contribution in [0.15, 0.2) is 30.3 Å². The fourth-order valence-corrected chi connectivity index (χ4v) is 3.29. The lowest BCUT2D eigenvalue weighted by atomic mass is 9.95. The summed E-state index contributed by atoms with van der Waals surface area (Å²) in [7, 11) is 0. The Morgan fingerprint density at radius 2 is 1.89 bits per heavy atom. The van der Waals surface area contributed by atoms with E-state index in [0.717, 1.165) is 0 Å². The van der Waals surface area contributed by atoms with E-state index in [0.29, 0.717) is 42.8 Å². The maximum atomic E-state index is 14.6. The second-order valence-electron chi connectivity index (χ2n) is 7.27. The highest BCUT2D eigenvalue weighted by Gasteiger charge is 2.32. The van der Waals surface area contributed by atoms with Crippen molar-refractivity contribution in [3.8, 4) is 17.1 Å². The van der Waals surface area contributed by atoms with Gasteiger partial charge in [-0.1, -0.05) is 6.07 Å². The van der Waals surface area contributed by atoms with Crippen LogP contribution >= 0.6 is 0 Å². The first kappa shape index (κ1) is 17.7. The Hall–Kier alpha value is -2.70. The van der Waals surface area contributed by atoms with Crippen molar-refractivity contribution in [1.29, 1.82) is 0 Å². The molecule has 1 aliphatic carbocycles. The van der Waals surface area contributed by atoms with Gasteiger partial charge in [-0.3, -0.25) is 4.79 Å². The third kappa shape index (κ3) is 4.02. The smallest absolute Gasteiger partial charge is 0.303 e. The third-order valence-corrected chi connectivity index (χ3v) is 4.94. The van der Waals surface area contributed by atoms with E-state index in [-0.39, 0.29) is 18.0 Å². The molecular weight excluding hydrogens is 354 g/mol. The molecule has 1 saturated heterocycles. The summed E-state index contributed by atoms with van der Waals surface area (Å²) in [6, 6.07) is 7.69. The van der Waals surface area contributed by atoms with Crippen molar-refractivity contribution in [2.24, 2.45) is 11.8 Å². The summed E-state index contributed by atoms with van der Waals surface area (Å²) in [5.41, 5.74) is 0.676. The normalized spacial score (nSPS) is 16.9. The van der Waals surface area contributed by atoms with Gasteiger partial charge >= 0.3 is 5.97 Å². The zero-order chi connectivity index (χ0) is 19.0. The summed E-state index contributed by atoms with van der Waals surface area (Å²) < 4.78 is 34.8. The van der Waals surface area contributed by atoms with E-state index in [4.69, 9.17) is 9.84 Å². The van der Waals surface area contributed by atoms with E-state index in [1.807, 2.05) is 0 Å². The molecule has 1 aliphatic heterocycles. The van der Waals surface area contributed by atoms with Crippen LogP contribution in [0.25, 0.3) is 11.3 Å². The van der Waals surface area contributed by atoms with Crippen molar-refractivity contribution in [2.45, 2.75) is 19.3 Å². The number of carbonyl (C=O) groups is 1. The number of hydrogen-bond acceptors (Lipinski definition) is 4. The Kier molecular flexibility index (Phi) is 4.68. The van der Waals surface area contributed by atoms with Crippen LogP contribution in [-0.4, -0.2) is 35.8 Å². The first-order valence-electron chi connectivity index (χ1n) is 9.05. The Morgan fingerprint density at radius 1 is 1.19 bits per heavy atom. The van der Waals surface area contributed by atoms with Crippen LogP contribution in [0.3, 0.4) is 0 Å². The molecular formula is C20H20F2N2O3. The van der Waals surface area contributed by atoms with Crippen molar-refractivity contribution in [3.63, 3.8) is 0 Å². The highest BCUT2D eigenvalue weighted by molar-refractivity contribution is 5.69. The van der Waals surface area contributed by atoms with Gasteiger partial charge in [0.1, 0.15) is 17.3 Å². The second-order valence-corrected chi connectivity index (χ2v) is 7.27. The predicted molar refractivity (Wildman–Crippen MR) is 95.8 cm³/mol. The molecule has 4 rings (SSSR count). The van der Waals surface area contributed by atoms with Crippen LogP contribution in [0.1, 0.15) is 19.3 Å². The van der Waals surface area contributed by atoms with Gasteiger partial charge in [0.2, 0.25) is 5.88 Å². The number of aliphatic carboxylic acids is 1. The van der Waals surface area contributed by atoms with Crippen LogP contribution in [0.2, 0.25) is 0 Å². The van der Waals surface area contributed by atoms with Crippen molar-refractivity contribution < 1.29 is 23.4 Å². The molecule has 2 aliphatic rings. The standard InChI is InChI=1S/C20H20F2N2O3/c21-15-7-14(17-2-1-3-18(23-17)27-11-12-4-5-12)8-16(22)20(15)24-9-13(10-24)6-19(25)26/h1-3,7-8,12-13H,4-6,9-11H2,(H,25,26). The van der Waals surface area contributed by atoms with Crippen molar-refractivity contribution in [1.82, 2.24) is 4.98 Å². The Balaban J connectivity index is 1.50. The van der Waals surface area contributed by atoms with Gasteiger partial charge < -0.3 is 14.7 Å². The van der Waals surface area contributed by atoms with E-state index in [1.54, 1.807) is 18.2 Å². The summed E-state index contributed by atoms with van der Waals surface area (Å²) in [4.78, 5) is 16.6. The first-order valence-corrected chi connectivity index (χ1v) is 9.05. The molecule has 142 valence electrons. The number of benzene rings is 1. The van der Waals surface area contributed by atoms with E-state index < -0.39 is 17.6 Å². The molecule has 7 heteroatoms. The first-order chi connectivity index (χ1) is 13.0. The van der Waals surface area contributed by atoms with Gasteiger partial charge in [-0.2, -0.15) is 0 Å². The largest absolute Gasteiger partial charge is 0.481 e. The van der Waals surface area contributed by atoms with E-state index in [1.165, 1.54) is 29.9 Å². The minimum Gasteiger partial charge on any atom is -0.481 e. The molecule has 1 N–H and O–H groups in total. The number of ether oxygens (including phenoxy) is 1. The molecule has 2 heterocycles. The van der Waals surface area contributed by atoms with Gasteiger partial charge in [0, 0.05) is 30.6 Å². The summed E-state index contributed by atoms with van der Waals surface area (Å²) in [5, 5.41) is 8.79. The van der Waals surface area contributed by atoms with Gasteiger partial charge in [-0.05, 0) is 37.0 Å². The van der Waals surface area contributed by atoms with Crippen LogP contribution in [0.4, 0.5) is 14.5 Å².